The minimum absolute atomic E-state index is 0.0832. The van der Waals surface area contributed by atoms with Crippen molar-refractivity contribution in [2.75, 3.05) is 19.0 Å². The molecule has 1 fully saturated rings. The van der Waals surface area contributed by atoms with E-state index in [1.54, 1.807) is 24.1 Å². The highest BCUT2D eigenvalue weighted by molar-refractivity contribution is 5.94. The van der Waals surface area contributed by atoms with Crippen molar-refractivity contribution in [2.45, 2.75) is 51.6 Å². The zero-order valence-electron chi connectivity index (χ0n) is 14.9. The maximum atomic E-state index is 12.6. The second-order valence-corrected chi connectivity index (χ2v) is 6.74. The van der Waals surface area contributed by atoms with E-state index < -0.39 is 6.04 Å². The van der Waals surface area contributed by atoms with Gasteiger partial charge in [0.05, 0.1) is 7.11 Å². The molecule has 0 radical (unpaired) electrons. The van der Waals surface area contributed by atoms with Gasteiger partial charge in [-0.25, -0.2) is 4.79 Å². The summed E-state index contributed by atoms with van der Waals surface area (Å²) in [6.07, 6.45) is 2.36. The summed E-state index contributed by atoms with van der Waals surface area (Å²) in [6, 6.07) is 6.51. The van der Waals surface area contributed by atoms with Crippen LogP contribution in [-0.2, 0) is 4.79 Å². The fourth-order valence-electron chi connectivity index (χ4n) is 2.68. The van der Waals surface area contributed by atoms with Crippen molar-refractivity contribution in [3.63, 3.8) is 0 Å². The quantitative estimate of drug-likeness (QED) is 0.870. The number of carbonyl (C=O) groups excluding carboxylic acids is 2. The van der Waals surface area contributed by atoms with Crippen LogP contribution in [-0.4, -0.2) is 42.1 Å². The molecular weight excluding hydrogens is 306 g/mol. The molecule has 2 rings (SSSR count). The lowest BCUT2D eigenvalue weighted by Gasteiger charge is -2.30. The van der Waals surface area contributed by atoms with Crippen LogP contribution >= 0.6 is 0 Å². The van der Waals surface area contributed by atoms with Crippen LogP contribution in [0.1, 0.15) is 40.0 Å². The third-order valence-electron chi connectivity index (χ3n) is 4.48. The molecule has 3 amide bonds. The van der Waals surface area contributed by atoms with Crippen molar-refractivity contribution in [3.8, 4) is 5.75 Å². The monoisotopic (exact) mass is 333 g/mol. The molecule has 24 heavy (non-hydrogen) atoms. The smallest absolute Gasteiger partial charge is 0.322 e. The number of urea groups is 1. The number of nitrogens with one attached hydrogen (secondary N) is 2. The van der Waals surface area contributed by atoms with Gasteiger partial charge in [-0.1, -0.05) is 13.0 Å². The molecule has 1 saturated heterocycles. The minimum Gasteiger partial charge on any atom is -0.497 e. The van der Waals surface area contributed by atoms with E-state index in [1.807, 2.05) is 32.9 Å². The van der Waals surface area contributed by atoms with Gasteiger partial charge < -0.3 is 20.3 Å². The first kappa shape index (κ1) is 18.1. The van der Waals surface area contributed by atoms with Crippen molar-refractivity contribution < 1.29 is 14.3 Å². The fraction of sp³-hybridized carbons (Fsp3) is 0.556. The molecule has 1 aliphatic heterocycles. The summed E-state index contributed by atoms with van der Waals surface area (Å²) in [5.41, 5.74) is 0.383. The highest BCUT2D eigenvalue weighted by Crippen LogP contribution is 2.22. The third-order valence-corrected chi connectivity index (χ3v) is 4.48. The van der Waals surface area contributed by atoms with Crippen LogP contribution in [0.15, 0.2) is 24.3 Å². The zero-order valence-corrected chi connectivity index (χ0v) is 14.9. The summed E-state index contributed by atoms with van der Waals surface area (Å²) in [6.45, 7) is 6.59. The van der Waals surface area contributed by atoms with E-state index in [9.17, 15) is 9.59 Å². The number of carbonyl (C=O) groups is 2. The largest absolute Gasteiger partial charge is 0.497 e. The molecule has 1 aromatic rings. The fourth-order valence-corrected chi connectivity index (χ4v) is 2.68. The van der Waals surface area contributed by atoms with Crippen LogP contribution in [0.4, 0.5) is 10.5 Å². The van der Waals surface area contributed by atoms with Crippen molar-refractivity contribution in [2.24, 2.45) is 0 Å². The second-order valence-electron chi connectivity index (χ2n) is 6.74. The number of anilines is 1. The van der Waals surface area contributed by atoms with Gasteiger partial charge in [0.1, 0.15) is 11.8 Å². The molecule has 0 bridgehead atoms. The Morgan fingerprint density at radius 1 is 1.38 bits per heavy atom. The van der Waals surface area contributed by atoms with E-state index in [4.69, 9.17) is 4.74 Å². The average Bonchev–Trinajstić information content (AvgIpc) is 3.04. The number of likely N-dealkylation sites (tertiary alicyclic amines) is 1. The van der Waals surface area contributed by atoms with Crippen LogP contribution in [0.3, 0.4) is 0 Å². The highest BCUT2D eigenvalue weighted by Gasteiger charge is 2.35. The van der Waals surface area contributed by atoms with E-state index >= 15 is 0 Å². The Bertz CT molecular complexity index is 601. The molecule has 0 saturated carbocycles. The molecule has 0 aliphatic carbocycles. The van der Waals surface area contributed by atoms with Gasteiger partial charge in [-0.3, -0.25) is 4.79 Å². The number of amides is 3. The Morgan fingerprint density at radius 2 is 2.12 bits per heavy atom. The van der Waals surface area contributed by atoms with Crippen molar-refractivity contribution in [1.82, 2.24) is 10.2 Å². The molecule has 1 atom stereocenters. The van der Waals surface area contributed by atoms with Crippen LogP contribution in [0.5, 0.6) is 5.75 Å². The molecule has 1 unspecified atom stereocenters. The first-order valence-corrected chi connectivity index (χ1v) is 8.40. The highest BCUT2D eigenvalue weighted by atomic mass is 16.5. The van der Waals surface area contributed by atoms with Crippen molar-refractivity contribution in [3.05, 3.63) is 24.3 Å². The summed E-state index contributed by atoms with van der Waals surface area (Å²) in [4.78, 5) is 26.7. The lowest BCUT2D eigenvalue weighted by Crippen LogP contribution is -2.53. The normalized spacial score (nSPS) is 17.5. The SMILES string of the molecule is CCC(C)(C)NC(=O)C1CCCN1C(=O)Nc1cccc(OC)c1. The van der Waals surface area contributed by atoms with Crippen LogP contribution < -0.4 is 15.4 Å². The molecule has 0 spiro atoms. The first-order valence-electron chi connectivity index (χ1n) is 8.40. The standard InChI is InChI=1S/C18H27N3O3/c1-5-18(2,3)20-16(22)15-10-7-11-21(15)17(23)19-13-8-6-9-14(12-13)24-4/h6,8-9,12,15H,5,7,10-11H2,1-4H3,(H,19,23)(H,20,22). The molecule has 132 valence electrons. The summed E-state index contributed by atoms with van der Waals surface area (Å²) < 4.78 is 5.16. The third kappa shape index (κ3) is 4.40. The maximum Gasteiger partial charge on any atom is 0.322 e. The van der Waals surface area contributed by atoms with Gasteiger partial charge in [-0.05, 0) is 45.2 Å². The molecule has 6 heteroatoms. The van der Waals surface area contributed by atoms with Crippen molar-refractivity contribution >= 4 is 17.6 Å². The number of hydrogen-bond donors (Lipinski definition) is 2. The number of benzene rings is 1. The summed E-state index contributed by atoms with van der Waals surface area (Å²) in [7, 11) is 1.58. The lowest BCUT2D eigenvalue weighted by molar-refractivity contribution is -0.126. The summed E-state index contributed by atoms with van der Waals surface area (Å²) in [5.74, 6) is 0.591. The number of nitrogens with zero attached hydrogens (tertiary/aromatic N) is 1. The molecule has 1 aliphatic rings. The van der Waals surface area contributed by atoms with Gasteiger partial charge in [-0.2, -0.15) is 0 Å². The van der Waals surface area contributed by atoms with Crippen LogP contribution in [0.25, 0.3) is 0 Å². The predicted octanol–water partition coefficient (Wildman–Crippen LogP) is 3.00. The Morgan fingerprint density at radius 3 is 2.79 bits per heavy atom. The van der Waals surface area contributed by atoms with Gasteiger partial charge in [-0.15, -0.1) is 0 Å². The maximum absolute atomic E-state index is 12.6. The Hall–Kier alpha value is -2.24. The number of ether oxygens (including phenoxy) is 1. The molecule has 1 heterocycles. The number of hydrogen-bond acceptors (Lipinski definition) is 3. The molecule has 6 nitrogen and oxygen atoms in total. The Labute approximate surface area is 143 Å². The predicted molar refractivity (Wildman–Crippen MR) is 94.3 cm³/mol. The summed E-state index contributed by atoms with van der Waals surface area (Å²) in [5, 5.41) is 5.88. The van der Waals surface area contributed by atoms with E-state index in [0.29, 0.717) is 24.4 Å². The zero-order chi connectivity index (χ0) is 17.7. The van der Waals surface area contributed by atoms with E-state index in [-0.39, 0.29) is 17.5 Å². The van der Waals surface area contributed by atoms with Gasteiger partial charge >= 0.3 is 6.03 Å². The first-order chi connectivity index (χ1) is 11.4. The Balaban J connectivity index is 2.03. The van der Waals surface area contributed by atoms with Crippen molar-refractivity contribution in [1.29, 1.82) is 0 Å². The second kappa shape index (κ2) is 7.55. The topological polar surface area (TPSA) is 70.7 Å². The van der Waals surface area contributed by atoms with E-state index in [0.717, 1.165) is 12.8 Å². The Kier molecular flexibility index (Phi) is 5.70. The molecule has 1 aromatic carbocycles. The molecular formula is C18H27N3O3. The van der Waals surface area contributed by atoms with Gasteiger partial charge in [0.15, 0.2) is 0 Å². The van der Waals surface area contributed by atoms with E-state index in [2.05, 4.69) is 10.6 Å². The number of methoxy groups -OCH3 is 1. The molecule has 2 N–H and O–H groups in total. The lowest BCUT2D eigenvalue weighted by atomic mass is 10.0. The van der Waals surface area contributed by atoms with Crippen LogP contribution in [0, 0.1) is 0 Å². The molecule has 0 aromatic heterocycles. The minimum atomic E-state index is -0.415. The van der Waals surface area contributed by atoms with Gasteiger partial charge in [0.2, 0.25) is 5.91 Å². The van der Waals surface area contributed by atoms with Crippen LogP contribution in [0.2, 0.25) is 0 Å². The number of rotatable bonds is 5. The van der Waals surface area contributed by atoms with Gasteiger partial charge in [0.25, 0.3) is 0 Å². The van der Waals surface area contributed by atoms with E-state index in [1.165, 1.54) is 0 Å². The average molecular weight is 333 g/mol. The summed E-state index contributed by atoms with van der Waals surface area (Å²) >= 11 is 0. The van der Waals surface area contributed by atoms with Gasteiger partial charge in [0, 0.05) is 23.8 Å².